The Morgan fingerprint density at radius 1 is 0.426 bits per heavy atom. The highest BCUT2D eigenvalue weighted by atomic mass is 16.5. The van der Waals surface area contributed by atoms with Gasteiger partial charge in [-0.1, -0.05) is 60.7 Å². The Bertz CT molecular complexity index is 1960. The van der Waals surface area contributed by atoms with Crippen LogP contribution >= 0.6 is 0 Å². The van der Waals surface area contributed by atoms with E-state index in [1.165, 1.54) is 0 Å². The van der Waals surface area contributed by atoms with Crippen LogP contribution in [-0.4, -0.2) is 20.4 Å². The van der Waals surface area contributed by atoms with Gasteiger partial charge in [0.05, 0.1) is 0 Å². The number of aryl methyl sites for hydroxylation is 4. The molecule has 1 atom stereocenters. The maximum Gasteiger partial charge on any atom is 0.131 e. The minimum absolute atomic E-state index is 0.0683. The van der Waals surface area contributed by atoms with E-state index in [9.17, 15) is 20.4 Å². The van der Waals surface area contributed by atoms with Crippen molar-refractivity contribution in [2.75, 3.05) is 0 Å². The molecule has 0 amide bonds. The first-order chi connectivity index (χ1) is 22.6. The van der Waals surface area contributed by atoms with E-state index in [0.717, 1.165) is 22.3 Å². The molecule has 0 aliphatic heterocycles. The van der Waals surface area contributed by atoms with E-state index in [4.69, 9.17) is 9.47 Å². The molecule has 1 unspecified atom stereocenters. The molecule has 0 saturated carbocycles. The summed E-state index contributed by atoms with van der Waals surface area (Å²) in [5.74, 6) is 1.75. The topological polar surface area (TPSA) is 99.4 Å². The molecule has 6 aromatic carbocycles. The van der Waals surface area contributed by atoms with Crippen molar-refractivity contribution < 1.29 is 29.9 Å². The van der Waals surface area contributed by atoms with Gasteiger partial charge in [-0.3, -0.25) is 0 Å². The number of aromatic hydroxyl groups is 4. The van der Waals surface area contributed by atoms with Crippen LogP contribution in [0, 0.1) is 27.7 Å². The number of ether oxygens (including phenoxy) is 2. The van der Waals surface area contributed by atoms with Gasteiger partial charge in [-0.15, -0.1) is 0 Å². The van der Waals surface area contributed by atoms with Crippen LogP contribution in [-0.2, 0) is 0 Å². The second-order valence-corrected chi connectivity index (χ2v) is 11.9. The molecule has 0 radical (unpaired) electrons. The van der Waals surface area contributed by atoms with E-state index in [1.807, 2.05) is 61.5 Å². The molecule has 0 spiro atoms. The first kappa shape index (κ1) is 31.1. The highest BCUT2D eigenvalue weighted by Gasteiger charge is 2.27. The van der Waals surface area contributed by atoms with E-state index in [0.29, 0.717) is 50.8 Å². The van der Waals surface area contributed by atoms with Gasteiger partial charge >= 0.3 is 0 Å². The lowest BCUT2D eigenvalue weighted by atomic mass is 9.82. The predicted molar refractivity (Wildman–Crippen MR) is 184 cm³/mol. The standard InChI is InChI=1S/C41H36O6/c1-24-10-15-32(23-38(24)43)47-34-20-27(4)41(45)36(22-34)39(30-13-11-29(12-14-30)28-8-6-5-7-9-28)35-21-33(19-26(3)40(35)44)46-31-16-17-37(42)25(2)18-31/h5-23,39,42-45H,1-4H3. The van der Waals surface area contributed by atoms with Crippen molar-refractivity contribution in [2.45, 2.75) is 33.6 Å². The summed E-state index contributed by atoms with van der Waals surface area (Å²) in [5.41, 5.74) is 6.58. The predicted octanol–water partition coefficient (Wildman–Crippen LogP) is 10.2. The van der Waals surface area contributed by atoms with Crippen LogP contribution in [0.1, 0.15) is 44.9 Å². The normalized spacial score (nSPS) is 11.7. The molecular formula is C41H36O6. The van der Waals surface area contributed by atoms with Gasteiger partial charge in [0, 0.05) is 23.1 Å². The molecule has 0 aliphatic carbocycles. The second kappa shape index (κ2) is 12.9. The smallest absolute Gasteiger partial charge is 0.131 e. The Kier molecular flexibility index (Phi) is 8.51. The molecule has 6 aromatic rings. The van der Waals surface area contributed by atoms with Crippen molar-refractivity contribution in [3.05, 3.63) is 154 Å². The number of hydrogen-bond acceptors (Lipinski definition) is 6. The quantitative estimate of drug-likeness (QED) is 0.126. The van der Waals surface area contributed by atoms with Crippen LogP contribution in [0.5, 0.6) is 46.0 Å². The lowest BCUT2D eigenvalue weighted by Crippen LogP contribution is -2.07. The zero-order chi connectivity index (χ0) is 33.2. The van der Waals surface area contributed by atoms with Gasteiger partial charge in [0.2, 0.25) is 0 Å². The summed E-state index contributed by atoms with van der Waals surface area (Å²) in [5, 5.41) is 43.4. The summed E-state index contributed by atoms with van der Waals surface area (Å²) in [6, 6.07) is 35.3. The Labute approximate surface area is 274 Å². The summed E-state index contributed by atoms with van der Waals surface area (Å²) in [6.45, 7) is 7.21. The van der Waals surface area contributed by atoms with Crippen molar-refractivity contribution >= 4 is 0 Å². The Morgan fingerprint density at radius 3 is 1.49 bits per heavy atom. The van der Waals surface area contributed by atoms with Gasteiger partial charge in [-0.05, 0) is 115 Å². The van der Waals surface area contributed by atoms with E-state index in [1.54, 1.807) is 81.4 Å². The lowest BCUT2D eigenvalue weighted by molar-refractivity contribution is 0.440. The Morgan fingerprint density at radius 2 is 0.936 bits per heavy atom. The molecule has 0 saturated heterocycles. The summed E-state index contributed by atoms with van der Waals surface area (Å²) < 4.78 is 12.4. The minimum Gasteiger partial charge on any atom is -0.508 e. The first-order valence-corrected chi connectivity index (χ1v) is 15.3. The number of phenols is 4. The highest BCUT2D eigenvalue weighted by molar-refractivity contribution is 5.66. The number of rotatable bonds is 8. The van der Waals surface area contributed by atoms with E-state index in [-0.39, 0.29) is 23.0 Å². The van der Waals surface area contributed by atoms with Crippen LogP contribution in [0.25, 0.3) is 11.1 Å². The van der Waals surface area contributed by atoms with Gasteiger partial charge in [0.1, 0.15) is 46.0 Å². The average Bonchev–Trinajstić information content (AvgIpc) is 3.06. The van der Waals surface area contributed by atoms with Gasteiger partial charge in [-0.2, -0.15) is 0 Å². The van der Waals surface area contributed by atoms with Crippen molar-refractivity contribution in [3.8, 4) is 57.1 Å². The molecule has 0 bridgehead atoms. The lowest BCUT2D eigenvalue weighted by Gasteiger charge is -2.24. The molecule has 0 heterocycles. The zero-order valence-electron chi connectivity index (χ0n) is 26.7. The number of phenolic OH excluding ortho intramolecular Hbond substituents is 4. The Balaban J connectivity index is 1.50. The fourth-order valence-corrected chi connectivity index (χ4v) is 5.74. The van der Waals surface area contributed by atoms with Crippen LogP contribution in [0.4, 0.5) is 0 Å². The van der Waals surface area contributed by atoms with Crippen molar-refractivity contribution in [1.29, 1.82) is 0 Å². The van der Waals surface area contributed by atoms with Gasteiger partial charge in [0.25, 0.3) is 0 Å². The molecule has 0 aliphatic rings. The van der Waals surface area contributed by atoms with Crippen molar-refractivity contribution in [2.24, 2.45) is 0 Å². The fourth-order valence-electron chi connectivity index (χ4n) is 5.74. The molecule has 6 rings (SSSR count). The largest absolute Gasteiger partial charge is 0.508 e. The Hall–Kier alpha value is -5.88. The van der Waals surface area contributed by atoms with Gasteiger partial charge < -0.3 is 29.9 Å². The molecule has 0 fully saturated rings. The van der Waals surface area contributed by atoms with Crippen molar-refractivity contribution in [1.82, 2.24) is 0 Å². The second-order valence-electron chi connectivity index (χ2n) is 11.9. The number of hydrogen-bond donors (Lipinski definition) is 4. The number of benzene rings is 6. The third kappa shape index (κ3) is 6.58. The molecular weight excluding hydrogens is 588 g/mol. The highest BCUT2D eigenvalue weighted by Crippen LogP contribution is 2.46. The fraction of sp³-hybridized carbons (Fsp3) is 0.122. The van der Waals surface area contributed by atoms with E-state index in [2.05, 4.69) is 0 Å². The van der Waals surface area contributed by atoms with Crippen LogP contribution in [0.2, 0.25) is 0 Å². The van der Waals surface area contributed by atoms with Crippen molar-refractivity contribution in [3.63, 3.8) is 0 Å². The maximum atomic E-state index is 11.6. The minimum atomic E-state index is -0.628. The molecule has 47 heavy (non-hydrogen) atoms. The summed E-state index contributed by atoms with van der Waals surface area (Å²) in [6.07, 6.45) is 0. The molecule has 236 valence electrons. The van der Waals surface area contributed by atoms with E-state index >= 15 is 0 Å². The average molecular weight is 625 g/mol. The summed E-state index contributed by atoms with van der Waals surface area (Å²) in [7, 11) is 0. The van der Waals surface area contributed by atoms with Gasteiger partial charge in [-0.25, -0.2) is 0 Å². The SMILES string of the molecule is Cc1cc(Oc2cc(C)c(O)c(C(c3ccc(-c4ccccc4)cc3)c3cc(Oc4ccc(C)c(O)c4)cc(C)c3O)c2)ccc1O. The third-order valence-electron chi connectivity index (χ3n) is 8.40. The van der Waals surface area contributed by atoms with E-state index < -0.39 is 5.92 Å². The first-order valence-electron chi connectivity index (χ1n) is 15.3. The zero-order valence-corrected chi connectivity index (χ0v) is 26.7. The molecule has 0 aromatic heterocycles. The van der Waals surface area contributed by atoms with Gasteiger partial charge in [0.15, 0.2) is 0 Å². The summed E-state index contributed by atoms with van der Waals surface area (Å²) in [4.78, 5) is 0. The van der Waals surface area contributed by atoms with Crippen LogP contribution in [0.15, 0.2) is 115 Å². The molecule has 6 nitrogen and oxygen atoms in total. The van der Waals surface area contributed by atoms with Crippen LogP contribution < -0.4 is 9.47 Å². The maximum absolute atomic E-state index is 11.6. The third-order valence-corrected chi connectivity index (χ3v) is 8.40. The monoisotopic (exact) mass is 624 g/mol. The summed E-state index contributed by atoms with van der Waals surface area (Å²) >= 11 is 0. The molecule has 6 heteroatoms. The van der Waals surface area contributed by atoms with Crippen LogP contribution in [0.3, 0.4) is 0 Å². The molecule has 4 N–H and O–H groups in total.